The highest BCUT2D eigenvalue weighted by molar-refractivity contribution is 7.80. The van der Waals surface area contributed by atoms with Gasteiger partial charge in [-0.15, -0.1) is 0 Å². The highest BCUT2D eigenvalue weighted by Gasteiger charge is 2.26. The van der Waals surface area contributed by atoms with Gasteiger partial charge >= 0.3 is 0 Å². The molecule has 0 amide bonds. The monoisotopic (exact) mass is 263 g/mol. The number of pyridine rings is 1. The molecule has 2 rings (SSSR count). The van der Waals surface area contributed by atoms with Gasteiger partial charge in [-0.25, -0.2) is 4.98 Å². The predicted octanol–water partition coefficient (Wildman–Crippen LogP) is 3.10. The molecule has 1 heterocycles. The maximum Gasteiger partial charge on any atom is 0.126 e. The molecule has 1 aromatic rings. The van der Waals surface area contributed by atoms with Gasteiger partial charge in [0.1, 0.15) is 10.8 Å². The molecule has 0 spiro atoms. The number of thiocarbonyl (C=S) groups is 1. The Labute approximate surface area is 114 Å². The molecule has 1 aliphatic rings. The van der Waals surface area contributed by atoms with Crippen LogP contribution in [0, 0.1) is 5.41 Å². The van der Waals surface area contributed by atoms with E-state index in [2.05, 4.69) is 24.1 Å². The molecule has 3 N–H and O–H groups in total. The van der Waals surface area contributed by atoms with E-state index in [0.29, 0.717) is 16.4 Å². The first-order valence-electron chi connectivity index (χ1n) is 6.49. The van der Waals surface area contributed by atoms with Gasteiger partial charge in [0, 0.05) is 17.8 Å². The molecule has 0 saturated heterocycles. The summed E-state index contributed by atoms with van der Waals surface area (Å²) >= 11 is 4.91. The Morgan fingerprint density at radius 3 is 2.56 bits per heavy atom. The minimum absolute atomic E-state index is 0.397. The topological polar surface area (TPSA) is 50.9 Å². The second kappa shape index (κ2) is 5.22. The summed E-state index contributed by atoms with van der Waals surface area (Å²) < 4.78 is 0. The molecule has 4 heteroatoms. The SMILES string of the molecule is CC1(C)CCC(Nc2ccc(C(N)=S)cn2)CC1. The largest absolute Gasteiger partial charge is 0.389 e. The maximum absolute atomic E-state index is 5.55. The minimum atomic E-state index is 0.397. The van der Waals surface area contributed by atoms with Gasteiger partial charge < -0.3 is 11.1 Å². The van der Waals surface area contributed by atoms with Crippen LogP contribution < -0.4 is 11.1 Å². The molecule has 1 aliphatic carbocycles. The molecule has 0 unspecified atom stereocenters. The van der Waals surface area contributed by atoms with Crippen LogP contribution in [0.1, 0.15) is 45.1 Å². The molecule has 0 radical (unpaired) electrons. The summed E-state index contributed by atoms with van der Waals surface area (Å²) in [6.45, 7) is 4.69. The van der Waals surface area contributed by atoms with Crippen LogP contribution in [0.25, 0.3) is 0 Å². The number of hydrogen-bond acceptors (Lipinski definition) is 3. The molecule has 0 aromatic carbocycles. The number of nitrogens with one attached hydrogen (secondary N) is 1. The minimum Gasteiger partial charge on any atom is -0.389 e. The van der Waals surface area contributed by atoms with E-state index in [-0.39, 0.29) is 0 Å². The van der Waals surface area contributed by atoms with Crippen molar-refractivity contribution in [2.45, 2.75) is 45.6 Å². The Morgan fingerprint density at radius 2 is 2.06 bits per heavy atom. The number of nitrogens with zero attached hydrogens (tertiary/aromatic N) is 1. The molecule has 0 aliphatic heterocycles. The third-order valence-electron chi connectivity index (χ3n) is 3.74. The number of hydrogen-bond donors (Lipinski definition) is 2. The van der Waals surface area contributed by atoms with Crippen LogP contribution in [0.15, 0.2) is 18.3 Å². The van der Waals surface area contributed by atoms with E-state index in [0.717, 1.165) is 11.4 Å². The van der Waals surface area contributed by atoms with E-state index in [4.69, 9.17) is 18.0 Å². The zero-order valence-electron chi connectivity index (χ0n) is 11.1. The molecular formula is C14H21N3S. The van der Waals surface area contributed by atoms with Crippen LogP contribution >= 0.6 is 12.2 Å². The van der Waals surface area contributed by atoms with Crippen molar-refractivity contribution in [1.82, 2.24) is 4.98 Å². The van der Waals surface area contributed by atoms with Crippen LogP contribution in [0.5, 0.6) is 0 Å². The standard InChI is InChI=1S/C14H21N3S/c1-14(2)7-5-11(6-8-14)17-12-4-3-10(9-16-12)13(15)18/h3-4,9,11H,5-8H2,1-2H3,(H2,15,18)(H,16,17). The lowest BCUT2D eigenvalue weighted by molar-refractivity contribution is 0.232. The Kier molecular flexibility index (Phi) is 3.85. The van der Waals surface area contributed by atoms with Gasteiger partial charge in [0.15, 0.2) is 0 Å². The second-order valence-electron chi connectivity index (χ2n) is 5.88. The second-order valence-corrected chi connectivity index (χ2v) is 6.32. The lowest BCUT2D eigenvalue weighted by Crippen LogP contribution is -2.30. The third kappa shape index (κ3) is 3.42. The van der Waals surface area contributed by atoms with E-state index < -0.39 is 0 Å². The number of nitrogens with two attached hydrogens (primary N) is 1. The number of anilines is 1. The van der Waals surface area contributed by atoms with Gasteiger partial charge in [-0.05, 0) is 43.2 Å². The Morgan fingerprint density at radius 1 is 1.39 bits per heavy atom. The van der Waals surface area contributed by atoms with Crippen LogP contribution in [0.3, 0.4) is 0 Å². The number of aromatic nitrogens is 1. The van der Waals surface area contributed by atoms with Crippen molar-refractivity contribution in [3.63, 3.8) is 0 Å². The van der Waals surface area contributed by atoms with Crippen molar-refractivity contribution in [3.05, 3.63) is 23.9 Å². The van der Waals surface area contributed by atoms with Gasteiger partial charge in [-0.3, -0.25) is 0 Å². The van der Waals surface area contributed by atoms with Crippen molar-refractivity contribution in [2.75, 3.05) is 5.32 Å². The first kappa shape index (κ1) is 13.3. The van der Waals surface area contributed by atoms with Crippen LogP contribution in [-0.4, -0.2) is 16.0 Å². The van der Waals surface area contributed by atoms with E-state index in [9.17, 15) is 0 Å². The van der Waals surface area contributed by atoms with Gasteiger partial charge in [-0.1, -0.05) is 26.1 Å². The Hall–Kier alpha value is -1.16. The van der Waals surface area contributed by atoms with E-state index in [1.807, 2.05) is 12.1 Å². The molecule has 1 fully saturated rings. The van der Waals surface area contributed by atoms with E-state index in [1.165, 1.54) is 25.7 Å². The predicted molar refractivity (Wildman–Crippen MR) is 79.8 cm³/mol. The van der Waals surface area contributed by atoms with Crippen molar-refractivity contribution in [3.8, 4) is 0 Å². The van der Waals surface area contributed by atoms with Crippen LogP contribution in [0.4, 0.5) is 5.82 Å². The van der Waals surface area contributed by atoms with Crippen molar-refractivity contribution >= 4 is 23.0 Å². The summed E-state index contributed by atoms with van der Waals surface area (Å²) in [5, 5.41) is 3.49. The molecule has 3 nitrogen and oxygen atoms in total. The van der Waals surface area contributed by atoms with Gasteiger partial charge in [0.25, 0.3) is 0 Å². The van der Waals surface area contributed by atoms with Crippen molar-refractivity contribution in [1.29, 1.82) is 0 Å². The zero-order chi connectivity index (χ0) is 13.2. The fourth-order valence-corrected chi connectivity index (χ4v) is 2.50. The van der Waals surface area contributed by atoms with E-state index >= 15 is 0 Å². The smallest absolute Gasteiger partial charge is 0.126 e. The molecule has 1 saturated carbocycles. The Balaban J connectivity index is 1.92. The van der Waals surface area contributed by atoms with E-state index in [1.54, 1.807) is 6.20 Å². The molecule has 1 aromatic heterocycles. The molecule has 18 heavy (non-hydrogen) atoms. The van der Waals surface area contributed by atoms with Gasteiger partial charge in [0.2, 0.25) is 0 Å². The number of rotatable bonds is 3. The van der Waals surface area contributed by atoms with Crippen molar-refractivity contribution < 1.29 is 0 Å². The summed E-state index contributed by atoms with van der Waals surface area (Å²) in [5.74, 6) is 0.916. The molecule has 0 atom stereocenters. The zero-order valence-corrected chi connectivity index (χ0v) is 11.9. The average molecular weight is 263 g/mol. The van der Waals surface area contributed by atoms with Gasteiger partial charge in [0.05, 0.1) is 0 Å². The third-order valence-corrected chi connectivity index (χ3v) is 3.97. The summed E-state index contributed by atoms with van der Waals surface area (Å²) in [6, 6.07) is 4.42. The first-order valence-corrected chi connectivity index (χ1v) is 6.89. The van der Waals surface area contributed by atoms with Gasteiger partial charge in [-0.2, -0.15) is 0 Å². The molecular weight excluding hydrogens is 242 g/mol. The van der Waals surface area contributed by atoms with Crippen LogP contribution in [-0.2, 0) is 0 Å². The lowest BCUT2D eigenvalue weighted by Gasteiger charge is -2.34. The summed E-state index contributed by atoms with van der Waals surface area (Å²) in [7, 11) is 0. The highest BCUT2D eigenvalue weighted by Crippen LogP contribution is 2.35. The fourth-order valence-electron chi connectivity index (χ4n) is 2.38. The normalized spacial score (nSPS) is 19.4. The maximum atomic E-state index is 5.55. The average Bonchev–Trinajstić information content (AvgIpc) is 2.33. The lowest BCUT2D eigenvalue weighted by atomic mass is 9.75. The quantitative estimate of drug-likeness (QED) is 0.823. The van der Waals surface area contributed by atoms with Crippen LogP contribution in [0.2, 0.25) is 0 Å². The van der Waals surface area contributed by atoms with Crippen molar-refractivity contribution in [2.24, 2.45) is 11.1 Å². The summed E-state index contributed by atoms with van der Waals surface area (Å²) in [5.41, 5.74) is 6.87. The molecule has 0 bridgehead atoms. The molecule has 98 valence electrons. The highest BCUT2D eigenvalue weighted by atomic mass is 32.1. The summed E-state index contributed by atoms with van der Waals surface area (Å²) in [6.07, 6.45) is 6.71. The fraction of sp³-hybridized carbons (Fsp3) is 0.571. The Bertz CT molecular complexity index is 415. The summed E-state index contributed by atoms with van der Waals surface area (Å²) in [4.78, 5) is 4.75. The first-order chi connectivity index (χ1) is 8.46.